The minimum absolute atomic E-state index is 0.343. The highest BCUT2D eigenvalue weighted by Crippen LogP contribution is 2.34. The van der Waals surface area contributed by atoms with E-state index in [-0.39, 0.29) is 0 Å². The SMILES string of the molecule is CCNC(=NCCc1cc(Cl)cc(Cl)c1)NC1CC2CCC1O2. The Hall–Kier alpha value is -0.970. The van der Waals surface area contributed by atoms with Crippen LogP contribution in [0.25, 0.3) is 0 Å². The molecule has 1 aromatic rings. The van der Waals surface area contributed by atoms with E-state index in [4.69, 9.17) is 27.9 Å². The lowest BCUT2D eigenvalue weighted by molar-refractivity contribution is 0.0992. The van der Waals surface area contributed by atoms with Crippen molar-refractivity contribution in [1.29, 1.82) is 0 Å². The maximum absolute atomic E-state index is 6.03. The van der Waals surface area contributed by atoms with Crippen LogP contribution in [0.15, 0.2) is 23.2 Å². The summed E-state index contributed by atoms with van der Waals surface area (Å²) >= 11 is 12.1. The Kier molecular flexibility index (Phi) is 5.67. The van der Waals surface area contributed by atoms with Gasteiger partial charge in [0.15, 0.2) is 5.96 Å². The molecule has 4 nitrogen and oxygen atoms in total. The number of benzene rings is 1. The molecule has 0 saturated carbocycles. The van der Waals surface area contributed by atoms with Crippen LogP contribution in [-0.2, 0) is 11.2 Å². The van der Waals surface area contributed by atoms with Gasteiger partial charge in [-0.3, -0.25) is 4.99 Å². The van der Waals surface area contributed by atoms with Crippen molar-refractivity contribution in [2.75, 3.05) is 13.1 Å². The number of nitrogens with zero attached hydrogens (tertiary/aromatic N) is 1. The highest BCUT2D eigenvalue weighted by Gasteiger charge is 2.41. The van der Waals surface area contributed by atoms with Crippen LogP contribution in [0.3, 0.4) is 0 Å². The molecule has 3 unspecified atom stereocenters. The van der Waals surface area contributed by atoms with Crippen LogP contribution in [0.4, 0.5) is 0 Å². The third kappa shape index (κ3) is 4.52. The van der Waals surface area contributed by atoms with Gasteiger partial charge in [-0.15, -0.1) is 0 Å². The molecule has 23 heavy (non-hydrogen) atoms. The van der Waals surface area contributed by atoms with Crippen molar-refractivity contribution in [2.45, 2.75) is 50.9 Å². The van der Waals surface area contributed by atoms with Gasteiger partial charge < -0.3 is 15.4 Å². The van der Waals surface area contributed by atoms with Gasteiger partial charge in [-0.25, -0.2) is 0 Å². The van der Waals surface area contributed by atoms with E-state index in [1.54, 1.807) is 6.07 Å². The van der Waals surface area contributed by atoms with Crippen molar-refractivity contribution < 1.29 is 4.74 Å². The van der Waals surface area contributed by atoms with Crippen LogP contribution in [0.2, 0.25) is 10.0 Å². The minimum Gasteiger partial charge on any atom is -0.373 e. The standard InChI is InChI=1S/C17H23Cl2N3O/c1-2-20-17(22-15-10-14-3-4-16(15)23-14)21-6-5-11-7-12(18)9-13(19)8-11/h7-9,14-16H,2-6,10H2,1H3,(H2,20,21,22). The van der Waals surface area contributed by atoms with E-state index in [2.05, 4.69) is 22.5 Å². The van der Waals surface area contributed by atoms with Crippen LogP contribution in [0.5, 0.6) is 0 Å². The first-order chi connectivity index (χ1) is 11.1. The second-order valence-electron chi connectivity index (χ2n) is 6.15. The Morgan fingerprint density at radius 1 is 1.26 bits per heavy atom. The van der Waals surface area contributed by atoms with Gasteiger partial charge in [0.25, 0.3) is 0 Å². The summed E-state index contributed by atoms with van der Waals surface area (Å²) in [6.07, 6.45) is 5.03. The van der Waals surface area contributed by atoms with Crippen molar-refractivity contribution in [1.82, 2.24) is 10.6 Å². The third-order valence-electron chi connectivity index (χ3n) is 4.37. The van der Waals surface area contributed by atoms with E-state index >= 15 is 0 Å². The summed E-state index contributed by atoms with van der Waals surface area (Å²) in [5.41, 5.74) is 1.10. The van der Waals surface area contributed by atoms with Gasteiger partial charge in [0.1, 0.15) is 0 Å². The van der Waals surface area contributed by atoms with Gasteiger partial charge in [0, 0.05) is 23.1 Å². The molecule has 6 heteroatoms. The summed E-state index contributed by atoms with van der Waals surface area (Å²) in [5.74, 6) is 0.863. The quantitative estimate of drug-likeness (QED) is 0.628. The zero-order chi connectivity index (χ0) is 16.2. The Morgan fingerprint density at radius 2 is 2.04 bits per heavy atom. The Balaban J connectivity index is 1.56. The Morgan fingerprint density at radius 3 is 2.65 bits per heavy atom. The monoisotopic (exact) mass is 355 g/mol. The summed E-state index contributed by atoms with van der Waals surface area (Å²) in [4.78, 5) is 4.67. The normalized spacial score (nSPS) is 26.6. The zero-order valence-corrected chi connectivity index (χ0v) is 14.8. The van der Waals surface area contributed by atoms with Gasteiger partial charge in [0.2, 0.25) is 0 Å². The molecule has 2 saturated heterocycles. The van der Waals surface area contributed by atoms with Gasteiger partial charge in [-0.1, -0.05) is 23.2 Å². The number of guanidine groups is 1. The average molecular weight is 356 g/mol. The maximum Gasteiger partial charge on any atom is 0.191 e. The first-order valence-corrected chi connectivity index (χ1v) is 9.05. The number of rotatable bonds is 5. The Labute approximate surface area is 147 Å². The lowest BCUT2D eigenvalue weighted by atomic mass is 9.96. The van der Waals surface area contributed by atoms with E-state index in [1.165, 1.54) is 6.42 Å². The Bertz CT molecular complexity index is 559. The fraction of sp³-hybridized carbons (Fsp3) is 0.588. The lowest BCUT2D eigenvalue weighted by Gasteiger charge is -2.22. The molecule has 126 valence electrons. The molecular formula is C17H23Cl2N3O. The molecule has 3 rings (SSSR count). The minimum atomic E-state index is 0.343. The molecule has 2 fully saturated rings. The molecular weight excluding hydrogens is 333 g/mol. The van der Waals surface area contributed by atoms with Gasteiger partial charge in [0.05, 0.1) is 18.2 Å². The van der Waals surface area contributed by atoms with Crippen LogP contribution in [0.1, 0.15) is 31.7 Å². The van der Waals surface area contributed by atoms with Crippen LogP contribution >= 0.6 is 23.2 Å². The number of nitrogens with one attached hydrogen (secondary N) is 2. The summed E-state index contributed by atoms with van der Waals surface area (Å²) in [6.45, 7) is 3.61. The van der Waals surface area contributed by atoms with Crippen LogP contribution in [0, 0.1) is 0 Å². The zero-order valence-electron chi connectivity index (χ0n) is 13.3. The van der Waals surface area contributed by atoms with Gasteiger partial charge >= 0.3 is 0 Å². The van der Waals surface area contributed by atoms with Gasteiger partial charge in [-0.05, 0) is 56.4 Å². The molecule has 0 amide bonds. The van der Waals surface area contributed by atoms with E-state index in [0.29, 0.717) is 34.8 Å². The van der Waals surface area contributed by atoms with E-state index in [1.807, 2.05) is 12.1 Å². The van der Waals surface area contributed by atoms with Crippen molar-refractivity contribution in [3.05, 3.63) is 33.8 Å². The fourth-order valence-electron chi connectivity index (χ4n) is 3.34. The molecule has 2 heterocycles. The first-order valence-electron chi connectivity index (χ1n) is 8.29. The van der Waals surface area contributed by atoms with Crippen molar-refractivity contribution in [3.63, 3.8) is 0 Å². The molecule has 0 aliphatic carbocycles. The fourth-order valence-corrected chi connectivity index (χ4v) is 3.91. The first kappa shape index (κ1) is 16.9. The predicted molar refractivity (Wildman–Crippen MR) is 95.6 cm³/mol. The van der Waals surface area contributed by atoms with E-state index in [9.17, 15) is 0 Å². The molecule has 2 N–H and O–H groups in total. The van der Waals surface area contributed by atoms with Crippen LogP contribution < -0.4 is 10.6 Å². The summed E-state index contributed by atoms with van der Waals surface area (Å²) in [6, 6.07) is 6.00. The highest BCUT2D eigenvalue weighted by molar-refractivity contribution is 6.34. The summed E-state index contributed by atoms with van der Waals surface area (Å²) in [5, 5.41) is 8.16. The predicted octanol–water partition coefficient (Wildman–Crippen LogP) is 3.41. The number of halogens is 2. The maximum atomic E-state index is 6.03. The topological polar surface area (TPSA) is 45.7 Å². The number of ether oxygens (including phenoxy) is 1. The van der Waals surface area contributed by atoms with E-state index in [0.717, 1.165) is 37.3 Å². The van der Waals surface area contributed by atoms with Crippen molar-refractivity contribution in [3.8, 4) is 0 Å². The smallest absolute Gasteiger partial charge is 0.191 e. The molecule has 0 radical (unpaired) electrons. The second-order valence-corrected chi connectivity index (χ2v) is 7.02. The molecule has 0 spiro atoms. The summed E-state index contributed by atoms with van der Waals surface area (Å²) in [7, 11) is 0. The van der Waals surface area contributed by atoms with Crippen molar-refractivity contribution in [2.24, 2.45) is 4.99 Å². The number of aliphatic imine (C=N–C) groups is 1. The number of fused-ring (bicyclic) bond motifs is 2. The van der Waals surface area contributed by atoms with E-state index < -0.39 is 0 Å². The molecule has 3 atom stereocenters. The number of hydrogen-bond acceptors (Lipinski definition) is 2. The molecule has 0 aromatic heterocycles. The average Bonchev–Trinajstić information content (AvgIpc) is 3.09. The second kappa shape index (κ2) is 7.73. The highest BCUT2D eigenvalue weighted by atomic mass is 35.5. The molecule has 1 aromatic carbocycles. The largest absolute Gasteiger partial charge is 0.373 e. The lowest BCUT2D eigenvalue weighted by Crippen LogP contribution is -2.47. The third-order valence-corrected chi connectivity index (χ3v) is 4.80. The van der Waals surface area contributed by atoms with Crippen LogP contribution in [-0.4, -0.2) is 37.3 Å². The number of hydrogen-bond donors (Lipinski definition) is 2. The van der Waals surface area contributed by atoms with Gasteiger partial charge in [-0.2, -0.15) is 0 Å². The molecule has 2 aliphatic rings. The van der Waals surface area contributed by atoms with Crippen molar-refractivity contribution >= 4 is 29.2 Å². The molecule has 2 aliphatic heterocycles. The molecule has 2 bridgehead atoms. The summed E-state index contributed by atoms with van der Waals surface area (Å²) < 4.78 is 5.89.